The van der Waals surface area contributed by atoms with Crippen LogP contribution in [0.2, 0.25) is 0 Å². The maximum absolute atomic E-state index is 12.6. The molecule has 1 atom stereocenters. The third kappa shape index (κ3) is 5.46. The highest BCUT2D eigenvalue weighted by Crippen LogP contribution is 2.24. The van der Waals surface area contributed by atoms with Crippen LogP contribution >= 0.6 is 11.8 Å². The van der Waals surface area contributed by atoms with Crippen LogP contribution in [0.15, 0.2) is 40.3 Å². The van der Waals surface area contributed by atoms with Crippen LogP contribution < -0.4 is 10.9 Å². The highest BCUT2D eigenvalue weighted by molar-refractivity contribution is 8.00. The summed E-state index contributed by atoms with van der Waals surface area (Å²) in [6, 6.07) is 9.34. The number of aromatic nitrogens is 2. The average molecular weight is 359 g/mol. The summed E-state index contributed by atoms with van der Waals surface area (Å²) >= 11 is 1.29. The maximum Gasteiger partial charge on any atom is 0.251 e. The Balaban J connectivity index is 2.10. The molecule has 1 amide bonds. The summed E-state index contributed by atoms with van der Waals surface area (Å²) in [6.07, 6.45) is 1.60. The van der Waals surface area contributed by atoms with E-state index in [1.54, 1.807) is 0 Å². The third-order valence-electron chi connectivity index (χ3n) is 3.88. The molecule has 0 bridgehead atoms. The van der Waals surface area contributed by atoms with E-state index < -0.39 is 0 Å². The second-order valence-electron chi connectivity index (χ2n) is 6.18. The number of hydrogen-bond donors (Lipinski definition) is 2. The number of thioether (sulfide) groups is 1. The standard InChI is InChI=1S/C19H25N3O2S/c1-5-13-7-9-14(10-8-13)20-18(24)16(6-2)25-19-21-15(12(3)4)11-17(23)22-19/h7-12,16H,5-6H2,1-4H3,(H,20,24)(H,21,22,23). The third-order valence-corrected chi connectivity index (χ3v) is 5.13. The number of carbonyl (C=O) groups is 1. The summed E-state index contributed by atoms with van der Waals surface area (Å²) < 4.78 is 0. The summed E-state index contributed by atoms with van der Waals surface area (Å²) in [7, 11) is 0. The molecular weight excluding hydrogens is 334 g/mol. The Morgan fingerprint density at radius 3 is 2.48 bits per heavy atom. The van der Waals surface area contributed by atoms with Gasteiger partial charge in [-0.3, -0.25) is 9.59 Å². The molecule has 25 heavy (non-hydrogen) atoms. The van der Waals surface area contributed by atoms with Gasteiger partial charge in [0, 0.05) is 11.8 Å². The highest BCUT2D eigenvalue weighted by atomic mass is 32.2. The van der Waals surface area contributed by atoms with Crippen molar-refractivity contribution in [1.82, 2.24) is 9.97 Å². The van der Waals surface area contributed by atoms with Gasteiger partial charge in [-0.1, -0.05) is 51.6 Å². The van der Waals surface area contributed by atoms with Gasteiger partial charge in [-0.15, -0.1) is 0 Å². The van der Waals surface area contributed by atoms with E-state index >= 15 is 0 Å². The first kappa shape index (κ1) is 19.2. The summed E-state index contributed by atoms with van der Waals surface area (Å²) in [5.41, 5.74) is 2.55. The molecule has 0 aliphatic rings. The molecule has 1 aromatic carbocycles. The second-order valence-corrected chi connectivity index (χ2v) is 7.38. The molecule has 0 aliphatic carbocycles. The first-order chi connectivity index (χ1) is 11.9. The molecular formula is C19H25N3O2S. The van der Waals surface area contributed by atoms with Gasteiger partial charge < -0.3 is 10.3 Å². The van der Waals surface area contributed by atoms with Gasteiger partial charge in [0.15, 0.2) is 5.16 Å². The summed E-state index contributed by atoms with van der Waals surface area (Å²) in [6.45, 7) is 8.01. The van der Waals surface area contributed by atoms with E-state index in [0.717, 1.165) is 17.8 Å². The molecule has 2 rings (SSSR count). The fourth-order valence-corrected chi connectivity index (χ4v) is 3.23. The van der Waals surface area contributed by atoms with E-state index in [1.165, 1.54) is 23.4 Å². The molecule has 0 radical (unpaired) electrons. The number of nitrogens with zero attached hydrogens (tertiary/aromatic N) is 1. The molecule has 5 nitrogen and oxygen atoms in total. The number of benzene rings is 1. The van der Waals surface area contributed by atoms with Gasteiger partial charge in [0.05, 0.1) is 10.9 Å². The number of H-pyrrole nitrogens is 1. The van der Waals surface area contributed by atoms with Crippen LogP contribution in [0.1, 0.15) is 51.3 Å². The minimum atomic E-state index is -0.323. The minimum Gasteiger partial charge on any atom is -0.325 e. The topological polar surface area (TPSA) is 74.8 Å². The number of carbonyl (C=O) groups excluding carboxylic acids is 1. The zero-order chi connectivity index (χ0) is 18.4. The van der Waals surface area contributed by atoms with Gasteiger partial charge >= 0.3 is 0 Å². The van der Waals surface area contributed by atoms with E-state index in [1.807, 2.05) is 45.0 Å². The van der Waals surface area contributed by atoms with Crippen molar-refractivity contribution in [3.8, 4) is 0 Å². The van der Waals surface area contributed by atoms with Crippen LogP contribution in [0.25, 0.3) is 0 Å². The fourth-order valence-electron chi connectivity index (χ4n) is 2.31. The number of amides is 1. The molecule has 6 heteroatoms. The number of nitrogens with one attached hydrogen (secondary N) is 2. The van der Waals surface area contributed by atoms with E-state index in [-0.39, 0.29) is 22.6 Å². The Labute approximate surface area is 152 Å². The molecule has 0 fully saturated rings. The van der Waals surface area contributed by atoms with E-state index in [0.29, 0.717) is 11.6 Å². The molecule has 0 saturated carbocycles. The van der Waals surface area contributed by atoms with Crippen molar-refractivity contribution in [2.75, 3.05) is 5.32 Å². The molecule has 1 unspecified atom stereocenters. The lowest BCUT2D eigenvalue weighted by Gasteiger charge is -2.15. The normalized spacial score (nSPS) is 12.2. The van der Waals surface area contributed by atoms with Crippen molar-refractivity contribution in [3.05, 3.63) is 51.9 Å². The number of anilines is 1. The zero-order valence-corrected chi connectivity index (χ0v) is 15.9. The molecule has 2 N–H and O–H groups in total. The van der Waals surface area contributed by atoms with Gasteiger partial charge in [0.1, 0.15) is 0 Å². The number of aryl methyl sites for hydroxylation is 1. The SMILES string of the molecule is CCc1ccc(NC(=O)C(CC)Sc2nc(C(C)C)cc(=O)[nH]2)cc1. The fraction of sp³-hybridized carbons (Fsp3) is 0.421. The van der Waals surface area contributed by atoms with Crippen LogP contribution in [0, 0.1) is 0 Å². The summed E-state index contributed by atoms with van der Waals surface area (Å²) in [4.78, 5) is 31.5. The first-order valence-electron chi connectivity index (χ1n) is 8.60. The lowest BCUT2D eigenvalue weighted by Crippen LogP contribution is -2.25. The predicted octanol–water partition coefficient (Wildman–Crippen LogP) is 3.97. The first-order valence-corrected chi connectivity index (χ1v) is 9.48. The molecule has 2 aromatic rings. The molecule has 134 valence electrons. The van der Waals surface area contributed by atoms with Gasteiger partial charge in [-0.05, 0) is 36.5 Å². The molecule has 1 aromatic heterocycles. The van der Waals surface area contributed by atoms with Crippen molar-refractivity contribution in [3.63, 3.8) is 0 Å². The van der Waals surface area contributed by atoms with Gasteiger partial charge in [-0.25, -0.2) is 4.98 Å². The van der Waals surface area contributed by atoms with E-state index in [9.17, 15) is 9.59 Å². The molecule has 0 saturated heterocycles. The average Bonchev–Trinajstić information content (AvgIpc) is 2.59. The molecule has 0 spiro atoms. The summed E-state index contributed by atoms with van der Waals surface area (Å²) in [5.74, 6) is 0.0713. The molecule has 1 heterocycles. The number of aromatic amines is 1. The van der Waals surface area contributed by atoms with Gasteiger partial charge in [0.2, 0.25) is 5.91 Å². The highest BCUT2D eigenvalue weighted by Gasteiger charge is 2.20. The van der Waals surface area contributed by atoms with Crippen molar-refractivity contribution >= 4 is 23.4 Å². The Kier molecular flexibility index (Phi) is 6.82. The minimum absolute atomic E-state index is 0.0886. The second kappa shape index (κ2) is 8.85. The maximum atomic E-state index is 12.6. The monoisotopic (exact) mass is 359 g/mol. The van der Waals surface area contributed by atoms with Crippen LogP contribution in [0.4, 0.5) is 5.69 Å². The quantitative estimate of drug-likeness (QED) is 0.579. The van der Waals surface area contributed by atoms with Crippen molar-refractivity contribution < 1.29 is 4.79 Å². The number of hydrogen-bond acceptors (Lipinski definition) is 4. The smallest absolute Gasteiger partial charge is 0.251 e. The Morgan fingerprint density at radius 1 is 1.24 bits per heavy atom. The van der Waals surface area contributed by atoms with Crippen LogP contribution in [-0.4, -0.2) is 21.1 Å². The van der Waals surface area contributed by atoms with Gasteiger partial charge in [-0.2, -0.15) is 0 Å². The van der Waals surface area contributed by atoms with E-state index in [4.69, 9.17) is 0 Å². The van der Waals surface area contributed by atoms with Crippen LogP contribution in [0.5, 0.6) is 0 Å². The lowest BCUT2D eigenvalue weighted by atomic mass is 10.1. The predicted molar refractivity (Wildman–Crippen MR) is 103 cm³/mol. The Morgan fingerprint density at radius 2 is 1.92 bits per heavy atom. The summed E-state index contributed by atoms with van der Waals surface area (Å²) in [5, 5.41) is 3.10. The van der Waals surface area contributed by atoms with Crippen LogP contribution in [0.3, 0.4) is 0 Å². The molecule has 0 aliphatic heterocycles. The lowest BCUT2D eigenvalue weighted by molar-refractivity contribution is -0.115. The van der Waals surface area contributed by atoms with Crippen molar-refractivity contribution in [2.45, 2.75) is 56.9 Å². The van der Waals surface area contributed by atoms with Crippen molar-refractivity contribution in [2.24, 2.45) is 0 Å². The largest absolute Gasteiger partial charge is 0.325 e. The Bertz CT molecular complexity index is 769. The van der Waals surface area contributed by atoms with Crippen LogP contribution in [-0.2, 0) is 11.2 Å². The van der Waals surface area contributed by atoms with E-state index in [2.05, 4.69) is 22.2 Å². The number of rotatable bonds is 7. The Hall–Kier alpha value is -2.08. The zero-order valence-electron chi connectivity index (χ0n) is 15.1. The van der Waals surface area contributed by atoms with Crippen molar-refractivity contribution in [1.29, 1.82) is 0 Å². The van der Waals surface area contributed by atoms with Gasteiger partial charge in [0.25, 0.3) is 5.56 Å².